The van der Waals surface area contributed by atoms with Gasteiger partial charge >= 0.3 is 0 Å². The second-order valence-corrected chi connectivity index (χ2v) is 8.53. The summed E-state index contributed by atoms with van der Waals surface area (Å²) >= 11 is 5.63. The first-order valence-electron chi connectivity index (χ1n) is 6.89. The second kappa shape index (κ2) is 6.24. The predicted molar refractivity (Wildman–Crippen MR) is 88.4 cm³/mol. The number of hydrogen-bond acceptors (Lipinski definition) is 2. The van der Waals surface area contributed by atoms with Crippen molar-refractivity contribution in [3.63, 3.8) is 0 Å². The molecule has 0 bridgehead atoms. The summed E-state index contributed by atoms with van der Waals surface area (Å²) in [6.07, 6.45) is 2.03. The zero-order valence-electron chi connectivity index (χ0n) is 11.9. The molecule has 6 heteroatoms. The van der Waals surface area contributed by atoms with Crippen LogP contribution in [0.2, 0.25) is 0 Å². The highest BCUT2D eigenvalue weighted by atomic mass is 32.4. The lowest BCUT2D eigenvalue weighted by Crippen LogP contribution is -2.21. The van der Waals surface area contributed by atoms with Crippen molar-refractivity contribution in [3.8, 4) is 0 Å². The minimum atomic E-state index is -2.24. The highest BCUT2D eigenvalue weighted by Crippen LogP contribution is 2.54. The third-order valence-corrected chi connectivity index (χ3v) is 6.88. The largest absolute Gasteiger partial charge is 0.329 e. The van der Waals surface area contributed by atoms with Gasteiger partial charge in [0.2, 0.25) is 6.57 Å². The maximum atomic E-state index is 5.73. The maximum absolute atomic E-state index is 5.73. The Morgan fingerprint density at radius 3 is 2.67 bits per heavy atom. The van der Waals surface area contributed by atoms with Crippen LogP contribution in [0.4, 0.5) is 0 Å². The van der Waals surface area contributed by atoms with Crippen LogP contribution >= 0.6 is 6.57 Å². The van der Waals surface area contributed by atoms with E-state index in [0.29, 0.717) is 6.61 Å². The summed E-state index contributed by atoms with van der Waals surface area (Å²) in [4.78, 5) is 0. The number of hydrogen-bond donors (Lipinski definition) is 0. The molecule has 2 aromatic rings. The molecule has 3 rings (SSSR count). The van der Waals surface area contributed by atoms with Crippen molar-refractivity contribution in [2.75, 3.05) is 20.2 Å². The van der Waals surface area contributed by atoms with Crippen molar-refractivity contribution in [1.29, 1.82) is 0 Å². The Morgan fingerprint density at radius 1 is 1.19 bits per heavy atom. The molecule has 1 fully saturated rings. The summed E-state index contributed by atoms with van der Waals surface area (Å²) in [5, 5.41) is 0. The van der Waals surface area contributed by atoms with Crippen molar-refractivity contribution in [1.82, 2.24) is 9.24 Å². The highest BCUT2D eigenvalue weighted by Gasteiger charge is 2.29. The van der Waals surface area contributed by atoms with Gasteiger partial charge in [0.05, 0.1) is 6.61 Å². The third-order valence-electron chi connectivity index (χ3n) is 3.45. The van der Waals surface area contributed by atoms with E-state index in [1.165, 1.54) is 5.56 Å². The number of nitrogens with zero attached hydrogens (tertiary/aromatic N) is 3. The van der Waals surface area contributed by atoms with Crippen LogP contribution < -0.4 is 5.49 Å². The fourth-order valence-electron chi connectivity index (χ4n) is 2.22. The van der Waals surface area contributed by atoms with Gasteiger partial charge in [-0.05, 0) is 36.6 Å². The van der Waals surface area contributed by atoms with E-state index < -0.39 is 6.57 Å². The van der Waals surface area contributed by atoms with Gasteiger partial charge in [-0.15, -0.1) is 0 Å². The molecule has 1 aliphatic heterocycles. The zero-order chi connectivity index (χ0) is 14.7. The Labute approximate surface area is 129 Å². The molecule has 1 saturated heterocycles. The van der Waals surface area contributed by atoms with E-state index in [0.717, 1.165) is 18.6 Å². The topological polar surface area (TPSA) is 29.8 Å². The van der Waals surface area contributed by atoms with Gasteiger partial charge in [0.1, 0.15) is 5.49 Å². The van der Waals surface area contributed by atoms with E-state index in [4.69, 9.17) is 21.1 Å². The molecule has 0 aliphatic carbocycles. The molecule has 0 spiro atoms. The van der Waals surface area contributed by atoms with Crippen LogP contribution in [-0.2, 0) is 22.9 Å². The average molecular weight is 319 g/mol. The van der Waals surface area contributed by atoms with Crippen LogP contribution in [0.15, 0.2) is 59.5 Å². The Morgan fingerprint density at radius 2 is 1.95 bits per heavy atom. The number of aromatic nitrogens is 1. The van der Waals surface area contributed by atoms with Crippen LogP contribution in [0.3, 0.4) is 0 Å². The molecule has 0 saturated carbocycles. The fraction of sp³-hybridized carbons (Fsp3) is 0.267. The van der Waals surface area contributed by atoms with Gasteiger partial charge in [-0.25, -0.2) is 4.67 Å². The third kappa shape index (κ3) is 3.33. The predicted octanol–water partition coefficient (Wildman–Crippen LogP) is 2.62. The molecule has 21 heavy (non-hydrogen) atoms. The van der Waals surface area contributed by atoms with Gasteiger partial charge in [-0.1, -0.05) is 36.4 Å². The van der Waals surface area contributed by atoms with E-state index in [1.807, 2.05) is 49.6 Å². The Hall–Kier alpha value is -1.26. The number of rotatable bonds is 3. The van der Waals surface area contributed by atoms with E-state index >= 15 is 0 Å². The van der Waals surface area contributed by atoms with Gasteiger partial charge in [0.15, 0.2) is 0 Å². The summed E-state index contributed by atoms with van der Waals surface area (Å²) in [6.45, 7) is 0.0564. The maximum Gasteiger partial charge on any atom is 0.249 e. The normalized spacial score (nSPS) is 23.6. The highest BCUT2D eigenvalue weighted by molar-refractivity contribution is 8.10. The van der Waals surface area contributed by atoms with Crippen molar-refractivity contribution in [3.05, 3.63) is 65.8 Å². The molecule has 1 aromatic carbocycles. The minimum absolute atomic E-state index is 0.669. The Kier molecular flexibility index (Phi) is 4.36. The monoisotopic (exact) mass is 319 g/mol. The first-order valence-corrected chi connectivity index (χ1v) is 9.52. The summed E-state index contributed by atoms with van der Waals surface area (Å²) in [5.41, 5.74) is 2.11. The van der Waals surface area contributed by atoms with Crippen molar-refractivity contribution in [2.24, 2.45) is 4.76 Å². The molecular formula is C15H18N3OPS. The summed E-state index contributed by atoms with van der Waals surface area (Å²) in [5.74, 6) is 0. The van der Waals surface area contributed by atoms with Crippen LogP contribution in [0.1, 0.15) is 5.56 Å². The molecule has 4 nitrogen and oxygen atoms in total. The Balaban J connectivity index is 1.99. The van der Waals surface area contributed by atoms with Crippen LogP contribution in [0.25, 0.3) is 0 Å². The molecule has 0 N–H and O–H groups in total. The smallest absolute Gasteiger partial charge is 0.249 e. The lowest BCUT2D eigenvalue weighted by molar-refractivity contribution is 0.392. The van der Waals surface area contributed by atoms with E-state index in [1.54, 1.807) is 0 Å². The summed E-state index contributed by atoms with van der Waals surface area (Å²) in [6, 6.07) is 16.3. The van der Waals surface area contributed by atoms with Gasteiger partial charge in [-0.3, -0.25) is 0 Å². The number of pyridine rings is 1. The van der Waals surface area contributed by atoms with Crippen molar-refractivity contribution in [2.45, 2.75) is 6.54 Å². The number of benzene rings is 1. The second-order valence-electron chi connectivity index (χ2n) is 4.98. The van der Waals surface area contributed by atoms with Gasteiger partial charge in [0.25, 0.3) is 0 Å². The molecule has 2 heterocycles. The van der Waals surface area contributed by atoms with Gasteiger partial charge in [-0.2, -0.15) is 4.76 Å². The molecule has 1 atom stereocenters. The molecule has 1 aliphatic rings. The molecule has 0 amide bonds. The SMILES string of the molecule is CN1CCOP1(=S)/N=c1\ccccn1Cc1ccccc1. The standard InChI is InChI=1S/C15H18N3OPS/c1-17-11-12-19-20(17,21)16-15-9-5-6-10-18(15)13-14-7-3-2-4-8-14/h2-10H,11-13H2,1H3/b16-15+. The van der Waals surface area contributed by atoms with Crippen molar-refractivity contribution < 1.29 is 4.52 Å². The first kappa shape index (κ1) is 14.7. The molecule has 110 valence electrons. The number of likely N-dealkylation sites (N-methyl/N-ethyl adjacent to an activating group) is 1. The fourth-order valence-corrected chi connectivity index (χ4v) is 4.44. The molecular weight excluding hydrogens is 301 g/mol. The Bertz CT molecular complexity index is 729. The van der Waals surface area contributed by atoms with E-state index in [2.05, 4.69) is 21.4 Å². The van der Waals surface area contributed by atoms with Gasteiger partial charge < -0.3 is 9.09 Å². The van der Waals surface area contributed by atoms with Gasteiger partial charge in [0, 0.05) is 19.3 Å². The zero-order valence-corrected chi connectivity index (χ0v) is 13.6. The lowest BCUT2D eigenvalue weighted by Gasteiger charge is -2.17. The van der Waals surface area contributed by atoms with Crippen LogP contribution in [0.5, 0.6) is 0 Å². The van der Waals surface area contributed by atoms with Crippen LogP contribution in [-0.4, -0.2) is 29.4 Å². The van der Waals surface area contributed by atoms with Crippen LogP contribution in [0, 0.1) is 0 Å². The minimum Gasteiger partial charge on any atom is -0.329 e. The molecule has 1 aromatic heterocycles. The van der Waals surface area contributed by atoms with E-state index in [9.17, 15) is 0 Å². The summed E-state index contributed by atoms with van der Waals surface area (Å²) < 4.78 is 14.7. The van der Waals surface area contributed by atoms with E-state index in [-0.39, 0.29) is 0 Å². The summed E-state index contributed by atoms with van der Waals surface area (Å²) in [7, 11) is 1.99. The van der Waals surface area contributed by atoms with Crippen molar-refractivity contribution >= 4 is 18.4 Å². The first-order chi connectivity index (χ1) is 10.2. The molecule has 1 unspecified atom stereocenters. The average Bonchev–Trinajstić information content (AvgIpc) is 2.82. The lowest BCUT2D eigenvalue weighted by atomic mass is 10.2. The quantitative estimate of drug-likeness (QED) is 0.815. The molecule has 0 radical (unpaired) electrons.